The highest BCUT2D eigenvalue weighted by molar-refractivity contribution is 5.93. The Bertz CT molecular complexity index is 553. The fraction of sp³-hybridized carbons (Fsp3) is 0.294. The molecule has 0 fully saturated rings. The number of carbonyl (C=O) groups excluding carboxylic acids is 1. The van der Waals surface area contributed by atoms with Gasteiger partial charge in [-0.3, -0.25) is 9.78 Å². The minimum absolute atomic E-state index is 0.0625. The van der Waals surface area contributed by atoms with Gasteiger partial charge < -0.3 is 10.1 Å². The van der Waals surface area contributed by atoms with E-state index in [2.05, 4.69) is 22.4 Å². The average molecular weight is 284 g/mol. The van der Waals surface area contributed by atoms with E-state index in [-0.39, 0.29) is 5.91 Å². The van der Waals surface area contributed by atoms with Gasteiger partial charge in [-0.1, -0.05) is 12.1 Å². The first-order valence-corrected chi connectivity index (χ1v) is 7.11. The van der Waals surface area contributed by atoms with Crippen LogP contribution in [-0.2, 0) is 6.42 Å². The van der Waals surface area contributed by atoms with Gasteiger partial charge in [0, 0.05) is 18.9 Å². The van der Waals surface area contributed by atoms with Gasteiger partial charge in [-0.25, -0.2) is 0 Å². The summed E-state index contributed by atoms with van der Waals surface area (Å²) in [6, 6.07) is 11.6. The van der Waals surface area contributed by atoms with Gasteiger partial charge in [0.1, 0.15) is 5.75 Å². The fourth-order valence-electron chi connectivity index (χ4n) is 2.05. The van der Waals surface area contributed by atoms with Crippen LogP contribution >= 0.6 is 0 Å². The van der Waals surface area contributed by atoms with Gasteiger partial charge in [-0.15, -0.1) is 0 Å². The van der Waals surface area contributed by atoms with E-state index in [1.54, 1.807) is 31.6 Å². The molecule has 0 bridgehead atoms. The van der Waals surface area contributed by atoms with Gasteiger partial charge in [-0.2, -0.15) is 0 Å². The van der Waals surface area contributed by atoms with Crippen molar-refractivity contribution in [2.24, 2.45) is 0 Å². The van der Waals surface area contributed by atoms with Gasteiger partial charge in [0.25, 0.3) is 5.91 Å². The van der Waals surface area contributed by atoms with Crippen molar-refractivity contribution in [2.45, 2.75) is 19.3 Å². The molecule has 0 radical (unpaired) electrons. The minimum Gasteiger partial charge on any atom is -0.497 e. The van der Waals surface area contributed by atoms with Crippen molar-refractivity contribution < 1.29 is 9.53 Å². The van der Waals surface area contributed by atoms with Crippen LogP contribution in [0.5, 0.6) is 5.75 Å². The molecule has 0 saturated heterocycles. The molecule has 1 aromatic heterocycles. The Balaban J connectivity index is 1.64. The lowest BCUT2D eigenvalue weighted by atomic mass is 10.1. The second-order valence-corrected chi connectivity index (χ2v) is 4.80. The van der Waals surface area contributed by atoms with Crippen LogP contribution in [0.1, 0.15) is 28.8 Å². The summed E-state index contributed by atoms with van der Waals surface area (Å²) in [5.41, 5.74) is 1.89. The third kappa shape index (κ3) is 4.91. The molecule has 1 amide bonds. The van der Waals surface area contributed by atoms with E-state index in [1.807, 2.05) is 12.1 Å². The lowest BCUT2D eigenvalue weighted by molar-refractivity contribution is 0.0952. The number of hydrogen-bond acceptors (Lipinski definition) is 3. The summed E-state index contributed by atoms with van der Waals surface area (Å²) in [7, 11) is 1.67. The molecule has 21 heavy (non-hydrogen) atoms. The van der Waals surface area contributed by atoms with E-state index >= 15 is 0 Å². The Morgan fingerprint density at radius 3 is 2.67 bits per heavy atom. The van der Waals surface area contributed by atoms with E-state index in [1.165, 1.54) is 5.56 Å². The normalized spacial score (nSPS) is 10.1. The predicted octanol–water partition coefficient (Wildman–Crippen LogP) is 2.84. The van der Waals surface area contributed by atoms with Gasteiger partial charge in [0.15, 0.2) is 0 Å². The SMILES string of the molecule is COc1ccc(CCCCNC(=O)c2cccnc2)cc1. The molecule has 0 saturated carbocycles. The number of benzene rings is 1. The molecule has 0 unspecified atom stereocenters. The number of rotatable bonds is 7. The Kier molecular flexibility index (Phi) is 5.76. The first-order chi connectivity index (χ1) is 10.3. The van der Waals surface area contributed by atoms with Crippen LogP contribution in [0.15, 0.2) is 48.8 Å². The Hall–Kier alpha value is -2.36. The maximum Gasteiger partial charge on any atom is 0.252 e. The minimum atomic E-state index is -0.0625. The number of unbranched alkanes of at least 4 members (excludes halogenated alkanes) is 1. The zero-order valence-electron chi connectivity index (χ0n) is 12.2. The standard InChI is InChI=1S/C17H20N2O2/c1-21-16-9-7-14(8-10-16)5-2-3-12-19-17(20)15-6-4-11-18-13-15/h4,6-11,13H,2-3,5,12H2,1H3,(H,19,20). The van der Waals surface area contributed by atoms with Crippen molar-refractivity contribution >= 4 is 5.91 Å². The molecular weight excluding hydrogens is 264 g/mol. The van der Waals surface area contributed by atoms with Crippen LogP contribution in [0, 0.1) is 0 Å². The van der Waals surface area contributed by atoms with Crippen molar-refractivity contribution in [3.05, 3.63) is 59.9 Å². The number of ether oxygens (including phenoxy) is 1. The molecule has 2 rings (SSSR count). The average Bonchev–Trinajstić information content (AvgIpc) is 2.55. The van der Waals surface area contributed by atoms with Crippen LogP contribution in [0.2, 0.25) is 0 Å². The summed E-state index contributed by atoms with van der Waals surface area (Å²) >= 11 is 0. The summed E-state index contributed by atoms with van der Waals surface area (Å²) in [4.78, 5) is 15.7. The zero-order valence-corrected chi connectivity index (χ0v) is 12.2. The molecule has 4 nitrogen and oxygen atoms in total. The quantitative estimate of drug-likeness (QED) is 0.795. The number of aryl methyl sites for hydroxylation is 1. The smallest absolute Gasteiger partial charge is 0.252 e. The van der Waals surface area contributed by atoms with Crippen LogP contribution in [0.25, 0.3) is 0 Å². The maximum absolute atomic E-state index is 11.8. The monoisotopic (exact) mass is 284 g/mol. The number of methoxy groups -OCH3 is 1. The molecule has 0 atom stereocenters. The number of hydrogen-bond donors (Lipinski definition) is 1. The second-order valence-electron chi connectivity index (χ2n) is 4.80. The molecule has 110 valence electrons. The lowest BCUT2D eigenvalue weighted by Crippen LogP contribution is -2.24. The molecule has 1 heterocycles. The van der Waals surface area contributed by atoms with E-state index in [4.69, 9.17) is 4.74 Å². The molecule has 0 spiro atoms. The summed E-state index contributed by atoms with van der Waals surface area (Å²) in [6.07, 6.45) is 6.24. The fourth-order valence-corrected chi connectivity index (χ4v) is 2.05. The first-order valence-electron chi connectivity index (χ1n) is 7.11. The van der Waals surface area contributed by atoms with Crippen molar-refractivity contribution in [2.75, 3.05) is 13.7 Å². The van der Waals surface area contributed by atoms with Crippen LogP contribution in [-0.4, -0.2) is 24.5 Å². The topological polar surface area (TPSA) is 51.2 Å². The summed E-state index contributed by atoms with van der Waals surface area (Å²) in [5, 5.41) is 2.90. The lowest BCUT2D eigenvalue weighted by Gasteiger charge is -2.06. The highest BCUT2D eigenvalue weighted by Crippen LogP contribution is 2.12. The van der Waals surface area contributed by atoms with Crippen LogP contribution in [0.4, 0.5) is 0 Å². The third-order valence-corrected chi connectivity index (χ3v) is 3.26. The molecule has 1 aromatic carbocycles. The van der Waals surface area contributed by atoms with E-state index in [9.17, 15) is 4.79 Å². The van der Waals surface area contributed by atoms with Gasteiger partial charge in [-0.05, 0) is 49.1 Å². The van der Waals surface area contributed by atoms with Gasteiger partial charge in [0.05, 0.1) is 12.7 Å². The van der Waals surface area contributed by atoms with Crippen molar-refractivity contribution in [1.29, 1.82) is 0 Å². The van der Waals surface area contributed by atoms with Crippen molar-refractivity contribution in [3.63, 3.8) is 0 Å². The summed E-state index contributed by atoms with van der Waals surface area (Å²) < 4.78 is 5.13. The predicted molar refractivity (Wildman–Crippen MR) is 82.5 cm³/mol. The Morgan fingerprint density at radius 1 is 1.19 bits per heavy atom. The Labute approximate surface area is 125 Å². The molecule has 0 aliphatic heterocycles. The largest absolute Gasteiger partial charge is 0.497 e. The highest BCUT2D eigenvalue weighted by atomic mass is 16.5. The number of carbonyl (C=O) groups is 1. The number of nitrogens with zero attached hydrogens (tertiary/aromatic N) is 1. The first kappa shape index (κ1) is 15.0. The summed E-state index contributed by atoms with van der Waals surface area (Å²) in [5.74, 6) is 0.815. The molecule has 4 heteroatoms. The maximum atomic E-state index is 11.8. The molecule has 0 aliphatic carbocycles. The molecule has 0 aliphatic rings. The van der Waals surface area contributed by atoms with Crippen LogP contribution in [0.3, 0.4) is 0 Å². The molecule has 2 aromatic rings. The number of pyridine rings is 1. The van der Waals surface area contributed by atoms with Crippen molar-refractivity contribution in [3.8, 4) is 5.75 Å². The second kappa shape index (κ2) is 8.04. The van der Waals surface area contributed by atoms with Crippen molar-refractivity contribution in [1.82, 2.24) is 10.3 Å². The van der Waals surface area contributed by atoms with E-state index in [0.29, 0.717) is 12.1 Å². The highest BCUT2D eigenvalue weighted by Gasteiger charge is 2.03. The Morgan fingerprint density at radius 2 is 2.00 bits per heavy atom. The zero-order chi connectivity index (χ0) is 14.9. The number of aromatic nitrogens is 1. The van der Waals surface area contributed by atoms with Gasteiger partial charge >= 0.3 is 0 Å². The molecule has 1 N–H and O–H groups in total. The number of amides is 1. The summed E-state index contributed by atoms with van der Waals surface area (Å²) in [6.45, 7) is 0.684. The number of nitrogens with one attached hydrogen (secondary N) is 1. The van der Waals surface area contributed by atoms with Crippen LogP contribution < -0.4 is 10.1 Å². The molecular formula is C17H20N2O2. The third-order valence-electron chi connectivity index (χ3n) is 3.26. The van der Waals surface area contributed by atoms with E-state index in [0.717, 1.165) is 25.0 Å². The van der Waals surface area contributed by atoms with Gasteiger partial charge in [0.2, 0.25) is 0 Å². The van der Waals surface area contributed by atoms with E-state index < -0.39 is 0 Å².